The van der Waals surface area contributed by atoms with Crippen LogP contribution < -0.4 is 24.8 Å². The molecule has 0 aliphatic rings. The normalized spacial score (nSPS) is 6.27. The Morgan fingerprint density at radius 2 is 1.91 bits per heavy atom. The number of hydrogen-bond donors (Lipinski definition) is 0. The van der Waals surface area contributed by atoms with E-state index in [9.17, 15) is 4.79 Å². The molecule has 0 saturated heterocycles. The van der Waals surface area contributed by atoms with Crippen molar-refractivity contribution in [1.29, 1.82) is 0 Å². The van der Waals surface area contributed by atoms with Crippen molar-refractivity contribution in [2.45, 2.75) is 26.2 Å². The van der Waals surface area contributed by atoms with E-state index in [0.29, 0.717) is 6.42 Å². The Balaban J connectivity index is -0.0000000817. The molecule has 0 aromatic heterocycles. The Morgan fingerprint density at radius 3 is 2.18 bits per heavy atom. The monoisotopic (exact) mass is 288 g/mol. The summed E-state index contributed by atoms with van der Waals surface area (Å²) in [6.45, 7) is 5.43. The second-order valence-corrected chi connectivity index (χ2v) is 1.77. The zero-order chi connectivity index (χ0) is 6.41. The molecule has 0 aliphatic carbocycles. The zero-order valence-electron chi connectivity index (χ0n) is 6.39. The summed E-state index contributed by atoms with van der Waals surface area (Å²) in [4.78, 5) is 10.5. The molecule has 0 atom stereocenters. The largest absolute Gasteiger partial charge is 2.00 e. The summed E-state index contributed by atoms with van der Waals surface area (Å²) in [5.41, 5.74) is 0. The van der Waals surface area contributed by atoms with Gasteiger partial charge >= 0.3 is 20.4 Å². The number of carbonyl (C=O) groups excluding carboxylic acids is 1. The number of carbonyl (C=O) groups is 1. The van der Waals surface area contributed by atoms with Crippen molar-refractivity contribution in [3.63, 3.8) is 0 Å². The summed E-state index contributed by atoms with van der Waals surface area (Å²) < 4.78 is 0. The van der Waals surface area contributed by atoms with Gasteiger partial charge in [0.2, 0.25) is 0 Å². The van der Waals surface area contributed by atoms with Gasteiger partial charge in [0.1, 0.15) is 0 Å². The standard InChI is InChI=1S/C7H12O.2ClH.Pd/c1-3-5-6-7(8)4-2;;;/h4H,2-3,5-6H2,1H3;2*1H;/q;;;+2/p-2. The van der Waals surface area contributed by atoms with Gasteiger partial charge in [-0.05, 0) is 12.5 Å². The molecule has 1 nitrogen and oxygen atoms in total. The minimum atomic E-state index is 0. The van der Waals surface area contributed by atoms with E-state index in [1.165, 1.54) is 6.08 Å². The van der Waals surface area contributed by atoms with Crippen molar-refractivity contribution >= 4 is 5.78 Å². The van der Waals surface area contributed by atoms with Gasteiger partial charge in [-0.15, -0.1) is 0 Å². The summed E-state index contributed by atoms with van der Waals surface area (Å²) in [7, 11) is 0. The fourth-order valence-corrected chi connectivity index (χ4v) is 0.453. The topological polar surface area (TPSA) is 17.1 Å². The first kappa shape index (κ1) is 22.6. The van der Waals surface area contributed by atoms with Gasteiger partial charge in [0.25, 0.3) is 0 Å². The van der Waals surface area contributed by atoms with E-state index < -0.39 is 0 Å². The molecule has 0 spiro atoms. The summed E-state index contributed by atoms with van der Waals surface area (Å²) >= 11 is 0. The zero-order valence-corrected chi connectivity index (χ0v) is 9.45. The Hall–Kier alpha value is 0.652. The van der Waals surface area contributed by atoms with Gasteiger partial charge in [0.05, 0.1) is 0 Å². The van der Waals surface area contributed by atoms with Gasteiger partial charge in [0.15, 0.2) is 5.78 Å². The molecular weight excluding hydrogens is 277 g/mol. The van der Waals surface area contributed by atoms with E-state index in [2.05, 4.69) is 13.5 Å². The molecule has 0 N–H and O–H groups in total. The second-order valence-electron chi connectivity index (χ2n) is 1.77. The van der Waals surface area contributed by atoms with Crippen molar-refractivity contribution in [2.24, 2.45) is 0 Å². The maximum absolute atomic E-state index is 10.5. The molecule has 0 fully saturated rings. The summed E-state index contributed by atoms with van der Waals surface area (Å²) in [5.74, 6) is 0.159. The SMILES string of the molecule is C=CC(=O)CCCC.[Cl-].[Cl-].[Pd+2]. The maximum Gasteiger partial charge on any atom is 2.00 e. The van der Waals surface area contributed by atoms with Gasteiger partial charge in [-0.25, -0.2) is 0 Å². The smallest absolute Gasteiger partial charge is 1.00 e. The third kappa shape index (κ3) is 18.0. The molecule has 0 heterocycles. The fraction of sp³-hybridized carbons (Fsp3) is 0.571. The minimum absolute atomic E-state index is 0. The van der Waals surface area contributed by atoms with Crippen LogP contribution in [-0.2, 0) is 25.2 Å². The van der Waals surface area contributed by atoms with E-state index in [1.807, 2.05) is 0 Å². The first-order chi connectivity index (χ1) is 3.81. The number of hydrogen-bond acceptors (Lipinski definition) is 1. The molecule has 0 saturated carbocycles. The van der Waals surface area contributed by atoms with E-state index in [1.54, 1.807) is 0 Å². The molecule has 0 aromatic carbocycles. The van der Waals surface area contributed by atoms with Gasteiger partial charge in [-0.2, -0.15) is 0 Å². The van der Waals surface area contributed by atoms with Crippen LogP contribution in [0, 0.1) is 0 Å². The predicted molar refractivity (Wildman–Crippen MR) is 34.7 cm³/mol. The number of rotatable bonds is 4. The Morgan fingerprint density at radius 1 is 1.45 bits per heavy atom. The average Bonchev–Trinajstić information content (AvgIpc) is 1.83. The van der Waals surface area contributed by atoms with Crippen LogP contribution >= 0.6 is 0 Å². The van der Waals surface area contributed by atoms with Crippen molar-refractivity contribution in [3.05, 3.63) is 12.7 Å². The predicted octanol–water partition coefficient (Wildman–Crippen LogP) is -4.06. The summed E-state index contributed by atoms with van der Waals surface area (Å²) in [6.07, 6.45) is 4.13. The van der Waals surface area contributed by atoms with Crippen LogP contribution in [-0.4, -0.2) is 5.78 Å². The third-order valence-corrected chi connectivity index (χ3v) is 1.00. The van der Waals surface area contributed by atoms with Gasteiger partial charge in [-0.1, -0.05) is 19.9 Å². The Bertz CT molecular complexity index is 96.4. The second kappa shape index (κ2) is 16.9. The first-order valence-corrected chi connectivity index (χ1v) is 2.96. The molecule has 11 heavy (non-hydrogen) atoms. The number of unbranched alkanes of at least 4 members (excludes halogenated alkanes) is 1. The molecule has 0 amide bonds. The number of halogens is 2. The van der Waals surface area contributed by atoms with Crippen molar-refractivity contribution in [1.82, 2.24) is 0 Å². The molecule has 4 heteroatoms. The Labute approximate surface area is 94.5 Å². The van der Waals surface area contributed by atoms with E-state index in [4.69, 9.17) is 0 Å². The summed E-state index contributed by atoms with van der Waals surface area (Å²) in [6, 6.07) is 0. The molecule has 0 unspecified atom stereocenters. The van der Waals surface area contributed by atoms with Crippen LogP contribution in [0.1, 0.15) is 26.2 Å². The molecule has 0 aliphatic heterocycles. The molecule has 70 valence electrons. The van der Waals surface area contributed by atoms with Gasteiger partial charge in [0, 0.05) is 6.42 Å². The van der Waals surface area contributed by atoms with Crippen LogP contribution in [0.5, 0.6) is 0 Å². The molecule has 0 aromatic rings. The fourth-order valence-electron chi connectivity index (χ4n) is 0.453. The molecular formula is C7H12Cl2OPd. The van der Waals surface area contributed by atoms with Crippen LogP contribution in [0.25, 0.3) is 0 Å². The average molecular weight is 289 g/mol. The number of allylic oxidation sites excluding steroid dienone is 1. The minimum Gasteiger partial charge on any atom is -1.00 e. The number of ketones is 1. The van der Waals surface area contributed by atoms with Gasteiger partial charge in [-0.3, -0.25) is 4.79 Å². The molecule has 0 rings (SSSR count). The summed E-state index contributed by atoms with van der Waals surface area (Å²) in [5, 5.41) is 0. The van der Waals surface area contributed by atoms with Gasteiger partial charge < -0.3 is 24.8 Å². The molecule has 0 radical (unpaired) electrons. The molecule has 0 bridgehead atoms. The first-order valence-electron chi connectivity index (χ1n) is 2.96. The van der Waals surface area contributed by atoms with E-state index in [0.717, 1.165) is 12.8 Å². The van der Waals surface area contributed by atoms with E-state index >= 15 is 0 Å². The van der Waals surface area contributed by atoms with Crippen molar-refractivity contribution < 1.29 is 50.0 Å². The van der Waals surface area contributed by atoms with Crippen molar-refractivity contribution in [3.8, 4) is 0 Å². The third-order valence-electron chi connectivity index (χ3n) is 1.00. The quantitative estimate of drug-likeness (QED) is 0.380. The van der Waals surface area contributed by atoms with Crippen LogP contribution in [0.4, 0.5) is 0 Å². The van der Waals surface area contributed by atoms with Crippen LogP contribution in [0.15, 0.2) is 12.7 Å². The van der Waals surface area contributed by atoms with Crippen LogP contribution in [0.3, 0.4) is 0 Å². The Kier molecular flexibility index (Phi) is 34.8. The van der Waals surface area contributed by atoms with Crippen molar-refractivity contribution in [2.75, 3.05) is 0 Å². The van der Waals surface area contributed by atoms with Crippen LogP contribution in [0.2, 0.25) is 0 Å². The van der Waals surface area contributed by atoms with E-state index in [-0.39, 0.29) is 51.0 Å². The maximum atomic E-state index is 10.5.